The van der Waals surface area contributed by atoms with E-state index in [4.69, 9.17) is 18.6 Å². The Bertz CT molecular complexity index is 926. The van der Waals surface area contributed by atoms with Crippen LogP contribution in [0.1, 0.15) is 17.0 Å². The first-order chi connectivity index (χ1) is 13.3. The fraction of sp³-hybridized carbons (Fsp3) is 0.200. The Labute approximate surface area is 161 Å². The molecule has 1 aromatic heterocycles. The first-order valence-electron chi connectivity index (χ1n) is 8.46. The van der Waals surface area contributed by atoms with Crippen LogP contribution in [0.15, 0.2) is 70.5 Å². The molecular weight excluding hydrogens is 364 g/mol. The highest BCUT2D eigenvalue weighted by molar-refractivity contribution is 7.98. The molecule has 0 aliphatic carbocycles. The highest BCUT2D eigenvalue weighted by Crippen LogP contribution is 2.29. The largest absolute Gasteiger partial charge is 0.497 e. The fourth-order valence-electron chi connectivity index (χ4n) is 2.61. The van der Waals surface area contributed by atoms with E-state index in [2.05, 4.69) is 10.2 Å². The van der Waals surface area contributed by atoms with Crippen LogP contribution in [-0.4, -0.2) is 23.6 Å². The predicted molar refractivity (Wildman–Crippen MR) is 101 cm³/mol. The highest BCUT2D eigenvalue weighted by Gasteiger charge is 2.25. The van der Waals surface area contributed by atoms with E-state index in [0.29, 0.717) is 29.0 Å². The van der Waals surface area contributed by atoms with Gasteiger partial charge in [-0.2, -0.15) is 0 Å². The highest BCUT2D eigenvalue weighted by atomic mass is 32.2. The van der Waals surface area contributed by atoms with Crippen LogP contribution < -0.4 is 4.74 Å². The van der Waals surface area contributed by atoms with Crippen molar-refractivity contribution in [1.29, 1.82) is 0 Å². The van der Waals surface area contributed by atoms with E-state index in [9.17, 15) is 0 Å². The number of thioether (sulfide) groups is 1. The maximum absolute atomic E-state index is 5.77. The van der Waals surface area contributed by atoms with Crippen molar-refractivity contribution in [3.05, 3.63) is 77.9 Å². The predicted octanol–water partition coefficient (Wildman–Crippen LogP) is 4.28. The fourth-order valence-corrected chi connectivity index (χ4v) is 3.31. The minimum Gasteiger partial charge on any atom is -0.497 e. The van der Waals surface area contributed by atoms with Crippen molar-refractivity contribution in [3.63, 3.8) is 0 Å². The van der Waals surface area contributed by atoms with Crippen LogP contribution in [0.4, 0.5) is 0 Å². The molecule has 0 spiro atoms. The van der Waals surface area contributed by atoms with E-state index >= 15 is 0 Å². The van der Waals surface area contributed by atoms with E-state index in [0.717, 1.165) is 16.9 Å². The van der Waals surface area contributed by atoms with E-state index in [1.165, 1.54) is 18.0 Å². The Morgan fingerprint density at radius 2 is 1.89 bits per heavy atom. The van der Waals surface area contributed by atoms with Gasteiger partial charge in [0.2, 0.25) is 12.0 Å². The average Bonchev–Trinajstić information content (AvgIpc) is 3.37. The second-order valence-electron chi connectivity index (χ2n) is 5.87. The van der Waals surface area contributed by atoms with Gasteiger partial charge in [0.1, 0.15) is 12.0 Å². The summed E-state index contributed by atoms with van der Waals surface area (Å²) in [6.07, 6.45) is 1.78. The van der Waals surface area contributed by atoms with Crippen molar-refractivity contribution < 1.29 is 18.6 Å². The Balaban J connectivity index is 1.33. The maximum atomic E-state index is 5.77. The molecule has 1 atom stereocenters. The molecule has 2 aromatic carbocycles. The zero-order valence-electron chi connectivity index (χ0n) is 14.7. The molecule has 3 aromatic rings. The van der Waals surface area contributed by atoms with Crippen molar-refractivity contribution in [3.8, 4) is 5.75 Å². The molecule has 0 amide bonds. The summed E-state index contributed by atoms with van der Waals surface area (Å²) in [6, 6.07) is 17.9. The summed E-state index contributed by atoms with van der Waals surface area (Å²) in [5, 5.41) is 8.59. The molecule has 0 radical (unpaired) electrons. The Morgan fingerprint density at radius 3 is 2.74 bits per heavy atom. The van der Waals surface area contributed by atoms with Crippen LogP contribution in [0.25, 0.3) is 5.76 Å². The van der Waals surface area contributed by atoms with Crippen molar-refractivity contribution in [2.45, 2.75) is 23.7 Å². The summed E-state index contributed by atoms with van der Waals surface area (Å²) in [4.78, 5) is 0. The van der Waals surface area contributed by atoms with Crippen molar-refractivity contribution >= 4 is 17.5 Å². The van der Waals surface area contributed by atoms with Gasteiger partial charge < -0.3 is 18.6 Å². The molecule has 6 nitrogen and oxygen atoms in total. The molecule has 1 unspecified atom stereocenters. The van der Waals surface area contributed by atoms with Gasteiger partial charge in [0.05, 0.1) is 7.11 Å². The number of methoxy groups -OCH3 is 1. The smallest absolute Gasteiger partial charge is 0.287 e. The van der Waals surface area contributed by atoms with Crippen LogP contribution in [0, 0.1) is 0 Å². The molecule has 0 saturated carbocycles. The quantitative estimate of drug-likeness (QED) is 0.565. The third-order valence-electron chi connectivity index (χ3n) is 3.94. The third-order valence-corrected chi connectivity index (χ3v) is 4.83. The zero-order chi connectivity index (χ0) is 18.5. The Hall–Kier alpha value is -2.93. The molecule has 7 heteroatoms. The van der Waals surface area contributed by atoms with Crippen LogP contribution in [0.2, 0.25) is 0 Å². The van der Waals surface area contributed by atoms with Gasteiger partial charge in [0, 0.05) is 12.2 Å². The van der Waals surface area contributed by atoms with E-state index < -0.39 is 0 Å². The number of hydrogen-bond acceptors (Lipinski definition) is 7. The number of aromatic nitrogens is 2. The maximum Gasteiger partial charge on any atom is 0.287 e. The second-order valence-corrected chi connectivity index (χ2v) is 6.80. The standard InChI is InChI=1S/C20H18N2O4S/c1-23-16-9-5-8-15(10-16)13-27-20-22-21-19(26-20)17-12-24-18(25-17)11-14-6-3-2-4-7-14/h2-10,12,18H,11,13H2,1H3. The number of benzene rings is 2. The number of nitrogens with zero attached hydrogens (tertiary/aromatic N) is 2. The molecule has 0 fully saturated rings. The summed E-state index contributed by atoms with van der Waals surface area (Å²) in [5.41, 5.74) is 2.25. The summed E-state index contributed by atoms with van der Waals surface area (Å²) >= 11 is 1.46. The Kier molecular flexibility index (Phi) is 5.29. The lowest BCUT2D eigenvalue weighted by Gasteiger charge is -2.10. The molecule has 4 rings (SSSR count). The third kappa shape index (κ3) is 4.43. The average molecular weight is 382 g/mol. The van der Waals surface area contributed by atoms with Crippen LogP contribution in [-0.2, 0) is 21.6 Å². The molecule has 1 aliphatic heterocycles. The van der Waals surface area contributed by atoms with Gasteiger partial charge in [0.15, 0.2) is 0 Å². The summed E-state index contributed by atoms with van der Waals surface area (Å²) in [6.45, 7) is 0. The Morgan fingerprint density at radius 1 is 1.04 bits per heavy atom. The molecular formula is C20H18N2O4S. The van der Waals surface area contributed by atoms with Crippen LogP contribution in [0.5, 0.6) is 5.75 Å². The molecule has 0 bridgehead atoms. The van der Waals surface area contributed by atoms with E-state index in [1.54, 1.807) is 7.11 Å². The molecule has 27 heavy (non-hydrogen) atoms. The van der Waals surface area contributed by atoms with Crippen LogP contribution in [0.3, 0.4) is 0 Å². The lowest BCUT2D eigenvalue weighted by atomic mass is 10.1. The van der Waals surface area contributed by atoms with Gasteiger partial charge in [0.25, 0.3) is 11.1 Å². The lowest BCUT2D eigenvalue weighted by molar-refractivity contribution is -0.0148. The van der Waals surface area contributed by atoms with Crippen molar-refractivity contribution in [2.24, 2.45) is 0 Å². The lowest BCUT2D eigenvalue weighted by Crippen LogP contribution is -2.11. The second kappa shape index (κ2) is 8.18. The minimum absolute atomic E-state index is 0.318. The zero-order valence-corrected chi connectivity index (χ0v) is 15.5. The van der Waals surface area contributed by atoms with Gasteiger partial charge in [-0.05, 0) is 23.3 Å². The van der Waals surface area contributed by atoms with Crippen LogP contribution >= 0.6 is 11.8 Å². The van der Waals surface area contributed by atoms with Crippen molar-refractivity contribution in [1.82, 2.24) is 10.2 Å². The minimum atomic E-state index is -0.387. The van der Waals surface area contributed by atoms with E-state index in [-0.39, 0.29) is 6.29 Å². The molecule has 1 aliphatic rings. The van der Waals surface area contributed by atoms with Gasteiger partial charge in [-0.25, -0.2) is 0 Å². The van der Waals surface area contributed by atoms with Gasteiger partial charge in [-0.1, -0.05) is 54.2 Å². The normalized spacial score (nSPS) is 15.7. The summed E-state index contributed by atoms with van der Waals surface area (Å²) in [5.74, 6) is 2.30. The van der Waals surface area contributed by atoms with Gasteiger partial charge >= 0.3 is 0 Å². The molecule has 0 saturated heterocycles. The first kappa shape index (κ1) is 17.5. The molecule has 0 N–H and O–H groups in total. The number of ether oxygens (including phenoxy) is 3. The summed E-state index contributed by atoms with van der Waals surface area (Å²) in [7, 11) is 1.65. The summed E-state index contributed by atoms with van der Waals surface area (Å²) < 4.78 is 22.2. The van der Waals surface area contributed by atoms with Gasteiger partial charge in [-0.3, -0.25) is 0 Å². The van der Waals surface area contributed by atoms with Gasteiger partial charge in [-0.15, -0.1) is 10.2 Å². The first-order valence-corrected chi connectivity index (χ1v) is 9.44. The van der Waals surface area contributed by atoms with E-state index in [1.807, 2.05) is 54.6 Å². The SMILES string of the molecule is COc1cccc(CSc2nnc(C3=COC(Cc4ccccc4)O3)o2)c1. The van der Waals surface area contributed by atoms with Crippen molar-refractivity contribution in [2.75, 3.05) is 7.11 Å². The monoisotopic (exact) mass is 382 g/mol. The number of rotatable bonds is 7. The molecule has 2 heterocycles. The number of hydrogen-bond donors (Lipinski definition) is 0. The topological polar surface area (TPSA) is 66.6 Å². The molecule has 138 valence electrons.